The van der Waals surface area contributed by atoms with Gasteiger partial charge in [-0.2, -0.15) is 9.78 Å². The highest BCUT2D eigenvalue weighted by Crippen LogP contribution is 2.28. The molecule has 0 spiro atoms. The maximum Gasteiger partial charge on any atom is 0.335 e. The maximum absolute atomic E-state index is 12.9. The van der Waals surface area contributed by atoms with E-state index in [9.17, 15) is 19.7 Å². The summed E-state index contributed by atoms with van der Waals surface area (Å²) in [5.74, 6) is -0.639. The van der Waals surface area contributed by atoms with Gasteiger partial charge in [-0.1, -0.05) is 28.1 Å². The van der Waals surface area contributed by atoms with E-state index in [2.05, 4.69) is 26.0 Å². The Balaban J connectivity index is 1.59. The third-order valence-electron chi connectivity index (χ3n) is 5.07. The number of rotatable bonds is 7. The Labute approximate surface area is 206 Å². The molecule has 176 valence electrons. The summed E-state index contributed by atoms with van der Waals surface area (Å²) >= 11 is 3.34. The van der Waals surface area contributed by atoms with Crippen LogP contribution < -0.4 is 10.3 Å². The van der Waals surface area contributed by atoms with Crippen LogP contribution >= 0.6 is 15.9 Å². The standard InChI is InChI=1S/C24H17BrN4O6/c1-14-27-20-8-7-18(25)11-19(20)23(30)28(14)26-12-16-4-9-22(21(10-16)29(33)34)35-13-15-2-5-17(6-3-15)24(31)32/h2-12H,13H2,1H3,(H,31,32). The fourth-order valence-corrected chi connectivity index (χ4v) is 3.67. The van der Waals surface area contributed by atoms with Crippen LogP contribution in [0, 0.1) is 17.0 Å². The van der Waals surface area contributed by atoms with Crippen LogP contribution in [0.25, 0.3) is 10.9 Å². The fourth-order valence-electron chi connectivity index (χ4n) is 3.30. The maximum atomic E-state index is 12.9. The van der Waals surface area contributed by atoms with Crippen molar-refractivity contribution in [2.24, 2.45) is 5.10 Å². The number of hydrogen-bond acceptors (Lipinski definition) is 7. The normalized spacial score (nSPS) is 11.1. The summed E-state index contributed by atoms with van der Waals surface area (Å²) in [6, 6.07) is 15.5. The fraction of sp³-hybridized carbons (Fsp3) is 0.0833. The van der Waals surface area contributed by atoms with Gasteiger partial charge < -0.3 is 9.84 Å². The van der Waals surface area contributed by atoms with Gasteiger partial charge in [0.15, 0.2) is 5.75 Å². The van der Waals surface area contributed by atoms with Gasteiger partial charge >= 0.3 is 11.7 Å². The zero-order valence-electron chi connectivity index (χ0n) is 18.2. The number of nitrogens with zero attached hydrogens (tertiary/aromatic N) is 4. The molecule has 0 bridgehead atoms. The number of aryl methyl sites for hydroxylation is 1. The smallest absolute Gasteiger partial charge is 0.335 e. The van der Waals surface area contributed by atoms with E-state index < -0.39 is 10.9 Å². The molecule has 0 amide bonds. The van der Waals surface area contributed by atoms with Crippen LogP contribution in [0.15, 0.2) is 75.0 Å². The second-order valence-corrected chi connectivity index (χ2v) is 8.37. The Morgan fingerprint density at radius 2 is 1.94 bits per heavy atom. The van der Waals surface area contributed by atoms with Crippen molar-refractivity contribution in [3.63, 3.8) is 0 Å². The van der Waals surface area contributed by atoms with Gasteiger partial charge in [-0.25, -0.2) is 9.78 Å². The molecule has 0 aliphatic rings. The molecule has 0 saturated heterocycles. The van der Waals surface area contributed by atoms with E-state index in [4.69, 9.17) is 9.84 Å². The molecular formula is C24H17BrN4O6. The van der Waals surface area contributed by atoms with Gasteiger partial charge in [-0.3, -0.25) is 14.9 Å². The summed E-state index contributed by atoms with van der Waals surface area (Å²) in [7, 11) is 0. The van der Waals surface area contributed by atoms with Crippen LogP contribution in [-0.2, 0) is 6.61 Å². The monoisotopic (exact) mass is 536 g/mol. The lowest BCUT2D eigenvalue weighted by molar-refractivity contribution is -0.385. The average Bonchev–Trinajstić information content (AvgIpc) is 2.83. The van der Waals surface area contributed by atoms with Crippen molar-refractivity contribution in [3.8, 4) is 5.75 Å². The van der Waals surface area contributed by atoms with Crippen molar-refractivity contribution in [2.45, 2.75) is 13.5 Å². The van der Waals surface area contributed by atoms with Gasteiger partial charge in [0.2, 0.25) is 0 Å². The van der Waals surface area contributed by atoms with Crippen molar-refractivity contribution in [2.75, 3.05) is 0 Å². The van der Waals surface area contributed by atoms with Crippen LogP contribution in [0.3, 0.4) is 0 Å². The summed E-state index contributed by atoms with van der Waals surface area (Å²) in [6.07, 6.45) is 1.33. The van der Waals surface area contributed by atoms with Gasteiger partial charge in [0, 0.05) is 16.1 Å². The number of aromatic nitrogens is 2. The minimum atomic E-state index is -1.05. The van der Waals surface area contributed by atoms with Crippen molar-refractivity contribution in [1.29, 1.82) is 0 Å². The predicted molar refractivity (Wildman–Crippen MR) is 132 cm³/mol. The van der Waals surface area contributed by atoms with Crippen LogP contribution in [0.1, 0.15) is 27.3 Å². The summed E-state index contributed by atoms with van der Waals surface area (Å²) in [6.45, 7) is 1.66. The number of carbonyl (C=O) groups is 1. The third kappa shape index (κ3) is 5.25. The molecule has 0 radical (unpaired) electrons. The molecule has 3 aromatic carbocycles. The van der Waals surface area contributed by atoms with Crippen molar-refractivity contribution >= 4 is 44.7 Å². The van der Waals surface area contributed by atoms with Crippen LogP contribution in [0.5, 0.6) is 5.75 Å². The van der Waals surface area contributed by atoms with Crippen molar-refractivity contribution in [3.05, 3.63) is 108 Å². The highest BCUT2D eigenvalue weighted by atomic mass is 79.9. The number of ether oxygens (including phenoxy) is 1. The Hall–Kier alpha value is -4.38. The second kappa shape index (κ2) is 9.85. The molecule has 4 rings (SSSR count). The lowest BCUT2D eigenvalue weighted by atomic mass is 10.1. The highest BCUT2D eigenvalue weighted by molar-refractivity contribution is 9.10. The predicted octanol–water partition coefficient (Wildman–Crippen LogP) is 4.54. The molecule has 1 aromatic heterocycles. The molecule has 0 saturated carbocycles. The van der Waals surface area contributed by atoms with E-state index in [-0.39, 0.29) is 29.2 Å². The van der Waals surface area contributed by atoms with Gasteiger partial charge in [0.1, 0.15) is 12.4 Å². The molecule has 1 heterocycles. The van der Waals surface area contributed by atoms with Crippen molar-refractivity contribution in [1.82, 2.24) is 9.66 Å². The van der Waals surface area contributed by atoms with Gasteiger partial charge in [0.05, 0.1) is 27.6 Å². The van der Waals surface area contributed by atoms with E-state index in [1.807, 2.05) is 0 Å². The van der Waals surface area contributed by atoms with Gasteiger partial charge in [0.25, 0.3) is 5.56 Å². The number of fused-ring (bicyclic) bond motifs is 1. The van der Waals surface area contributed by atoms with E-state index in [1.54, 1.807) is 43.3 Å². The number of benzene rings is 3. The number of nitro groups is 1. The highest BCUT2D eigenvalue weighted by Gasteiger charge is 2.16. The molecule has 1 N–H and O–H groups in total. The number of aromatic carboxylic acids is 1. The Bertz CT molecular complexity index is 1550. The SMILES string of the molecule is Cc1nc2ccc(Br)cc2c(=O)n1N=Cc1ccc(OCc2ccc(C(=O)O)cc2)c([N+](=O)[O-])c1. The van der Waals surface area contributed by atoms with E-state index in [0.29, 0.717) is 27.9 Å². The molecule has 0 aliphatic heterocycles. The molecular weight excluding hydrogens is 520 g/mol. The molecule has 11 heteroatoms. The van der Waals surface area contributed by atoms with Gasteiger partial charge in [-0.15, -0.1) is 0 Å². The number of carboxylic acid groups (broad SMARTS) is 1. The molecule has 10 nitrogen and oxygen atoms in total. The first kappa shape index (κ1) is 23.8. The molecule has 0 aliphatic carbocycles. The summed E-state index contributed by atoms with van der Waals surface area (Å²) < 4.78 is 7.46. The number of hydrogen-bond donors (Lipinski definition) is 1. The molecule has 0 atom stereocenters. The quantitative estimate of drug-likeness (QED) is 0.208. The summed E-state index contributed by atoms with van der Waals surface area (Å²) in [4.78, 5) is 39.2. The summed E-state index contributed by atoms with van der Waals surface area (Å²) in [5, 5.41) is 25.2. The Morgan fingerprint density at radius 3 is 2.63 bits per heavy atom. The zero-order chi connectivity index (χ0) is 25.1. The second-order valence-electron chi connectivity index (χ2n) is 7.46. The first-order valence-corrected chi connectivity index (χ1v) is 11.0. The minimum absolute atomic E-state index is 0.0150. The lowest BCUT2D eigenvalue weighted by Crippen LogP contribution is -2.20. The van der Waals surface area contributed by atoms with Crippen LogP contribution in [0.2, 0.25) is 0 Å². The van der Waals surface area contributed by atoms with Gasteiger partial charge in [-0.05, 0) is 55.0 Å². The van der Waals surface area contributed by atoms with Crippen LogP contribution in [0.4, 0.5) is 5.69 Å². The lowest BCUT2D eigenvalue weighted by Gasteiger charge is -2.08. The van der Waals surface area contributed by atoms with E-state index in [0.717, 1.165) is 9.15 Å². The Kier molecular flexibility index (Phi) is 6.69. The number of nitro benzene ring substituents is 1. The number of halogens is 1. The molecule has 4 aromatic rings. The number of carboxylic acids is 1. The zero-order valence-corrected chi connectivity index (χ0v) is 19.8. The molecule has 0 fully saturated rings. The Morgan fingerprint density at radius 1 is 1.20 bits per heavy atom. The van der Waals surface area contributed by atoms with Crippen LogP contribution in [-0.4, -0.2) is 31.9 Å². The first-order chi connectivity index (χ1) is 16.7. The third-order valence-corrected chi connectivity index (χ3v) is 5.56. The minimum Gasteiger partial charge on any atom is -0.482 e. The largest absolute Gasteiger partial charge is 0.482 e. The van der Waals surface area contributed by atoms with E-state index >= 15 is 0 Å². The summed E-state index contributed by atoms with van der Waals surface area (Å²) in [5.41, 5.74) is 1.06. The first-order valence-electron chi connectivity index (χ1n) is 10.2. The molecule has 35 heavy (non-hydrogen) atoms. The molecule has 0 unspecified atom stereocenters. The van der Waals surface area contributed by atoms with Crippen molar-refractivity contribution < 1.29 is 19.6 Å². The average molecular weight is 537 g/mol. The van der Waals surface area contributed by atoms with E-state index in [1.165, 1.54) is 30.5 Å². The topological polar surface area (TPSA) is 137 Å².